The highest BCUT2D eigenvalue weighted by atomic mass is 16.1. The van der Waals surface area contributed by atoms with Gasteiger partial charge in [-0.3, -0.25) is 9.69 Å². The number of rotatable bonds is 5. The number of hydrogen-bond acceptors (Lipinski definition) is 3. The van der Waals surface area contributed by atoms with Crippen LogP contribution in [-0.2, 0) is 6.54 Å². The van der Waals surface area contributed by atoms with Crippen molar-refractivity contribution in [2.45, 2.75) is 25.4 Å². The van der Waals surface area contributed by atoms with Crippen LogP contribution in [0.5, 0.6) is 0 Å². The first kappa shape index (κ1) is 15.8. The zero-order valence-corrected chi connectivity index (χ0v) is 13.7. The van der Waals surface area contributed by atoms with Crippen molar-refractivity contribution in [2.24, 2.45) is 0 Å². The summed E-state index contributed by atoms with van der Waals surface area (Å²) in [4.78, 5) is 15.6. The Morgan fingerprint density at radius 1 is 1.04 bits per heavy atom. The second-order valence-electron chi connectivity index (χ2n) is 6.33. The Balaban J connectivity index is 1.54. The highest BCUT2D eigenvalue weighted by Gasteiger charge is 2.22. The molecule has 23 heavy (non-hydrogen) atoms. The van der Waals surface area contributed by atoms with E-state index in [1.54, 1.807) is 0 Å². The Hall–Kier alpha value is -2.13. The maximum atomic E-state index is 10.7. The molecular formula is C20H24N2O. The average molecular weight is 308 g/mol. The molecule has 1 aliphatic heterocycles. The van der Waals surface area contributed by atoms with Crippen LogP contribution < -0.4 is 4.90 Å². The van der Waals surface area contributed by atoms with Gasteiger partial charge in [-0.25, -0.2) is 0 Å². The van der Waals surface area contributed by atoms with E-state index in [4.69, 9.17) is 0 Å². The summed E-state index contributed by atoms with van der Waals surface area (Å²) in [5.74, 6) is 0. The van der Waals surface area contributed by atoms with Crippen molar-refractivity contribution in [3.05, 3.63) is 65.7 Å². The largest absolute Gasteiger partial charge is 0.371 e. The molecule has 3 nitrogen and oxygen atoms in total. The fraction of sp³-hybridized carbons (Fsp3) is 0.350. The predicted octanol–water partition coefficient (Wildman–Crippen LogP) is 3.60. The van der Waals surface area contributed by atoms with Crippen LogP contribution in [-0.4, -0.2) is 37.4 Å². The van der Waals surface area contributed by atoms with Crippen molar-refractivity contribution >= 4 is 12.0 Å². The Kier molecular flexibility index (Phi) is 5.09. The predicted molar refractivity (Wildman–Crippen MR) is 95.0 cm³/mol. The molecule has 1 saturated heterocycles. The maximum absolute atomic E-state index is 10.7. The van der Waals surface area contributed by atoms with Crippen LogP contribution in [0.4, 0.5) is 5.69 Å². The summed E-state index contributed by atoms with van der Waals surface area (Å²) in [6.45, 7) is 3.16. The first-order chi connectivity index (χ1) is 11.3. The molecule has 0 unspecified atom stereocenters. The van der Waals surface area contributed by atoms with E-state index in [-0.39, 0.29) is 0 Å². The summed E-state index contributed by atoms with van der Waals surface area (Å²) < 4.78 is 0. The molecule has 0 radical (unpaired) electrons. The molecule has 3 rings (SSSR count). The highest BCUT2D eigenvalue weighted by Crippen LogP contribution is 2.23. The number of piperidine rings is 1. The molecule has 1 fully saturated rings. The topological polar surface area (TPSA) is 23.6 Å². The van der Waals surface area contributed by atoms with E-state index >= 15 is 0 Å². The van der Waals surface area contributed by atoms with E-state index < -0.39 is 0 Å². The van der Waals surface area contributed by atoms with Gasteiger partial charge in [0, 0.05) is 36.9 Å². The van der Waals surface area contributed by atoms with Crippen molar-refractivity contribution in [3.8, 4) is 0 Å². The minimum atomic E-state index is 0.640. The fourth-order valence-corrected chi connectivity index (χ4v) is 3.33. The van der Waals surface area contributed by atoms with E-state index in [1.165, 1.54) is 24.1 Å². The summed E-state index contributed by atoms with van der Waals surface area (Å²) in [5, 5.41) is 0. The number of hydrogen-bond donors (Lipinski definition) is 0. The van der Waals surface area contributed by atoms with E-state index in [1.807, 2.05) is 12.1 Å². The van der Waals surface area contributed by atoms with Gasteiger partial charge >= 0.3 is 0 Å². The number of anilines is 1. The number of carbonyl (C=O) groups excluding carboxylic acids is 1. The van der Waals surface area contributed by atoms with E-state index in [2.05, 4.69) is 59.3 Å². The summed E-state index contributed by atoms with van der Waals surface area (Å²) in [6.07, 6.45) is 3.26. The zero-order valence-electron chi connectivity index (χ0n) is 13.7. The van der Waals surface area contributed by atoms with Gasteiger partial charge in [0.25, 0.3) is 0 Å². The molecule has 0 saturated carbocycles. The first-order valence-corrected chi connectivity index (χ1v) is 8.30. The molecule has 120 valence electrons. The van der Waals surface area contributed by atoms with Crippen molar-refractivity contribution < 1.29 is 4.79 Å². The number of aldehydes is 1. The Labute approximate surface area is 138 Å². The van der Waals surface area contributed by atoms with Crippen LogP contribution in [0, 0.1) is 0 Å². The molecular weight excluding hydrogens is 284 g/mol. The van der Waals surface area contributed by atoms with Crippen LogP contribution in [0.1, 0.15) is 28.8 Å². The molecule has 1 aliphatic rings. The molecule has 0 aromatic heterocycles. The van der Waals surface area contributed by atoms with Gasteiger partial charge in [-0.15, -0.1) is 0 Å². The van der Waals surface area contributed by atoms with Crippen LogP contribution in [0.3, 0.4) is 0 Å². The van der Waals surface area contributed by atoms with E-state index in [0.717, 1.165) is 31.5 Å². The SMILES string of the molecule is CN(Cc1ccccc1)C1CCN(c2ccc(C=O)cc2)CC1. The van der Waals surface area contributed by atoms with Crippen molar-refractivity contribution in [1.82, 2.24) is 4.90 Å². The van der Waals surface area contributed by atoms with Gasteiger partial charge in [0.15, 0.2) is 0 Å². The van der Waals surface area contributed by atoms with Gasteiger partial charge in [-0.05, 0) is 49.7 Å². The molecule has 0 spiro atoms. The summed E-state index contributed by atoms with van der Waals surface area (Å²) in [6, 6.07) is 19.2. The molecule has 2 aromatic carbocycles. The average Bonchev–Trinajstić information content (AvgIpc) is 2.63. The molecule has 3 heteroatoms. The molecule has 0 amide bonds. The van der Waals surface area contributed by atoms with Crippen molar-refractivity contribution in [2.75, 3.05) is 25.0 Å². The smallest absolute Gasteiger partial charge is 0.150 e. The van der Waals surface area contributed by atoms with Crippen LogP contribution in [0.2, 0.25) is 0 Å². The van der Waals surface area contributed by atoms with Crippen LogP contribution in [0.15, 0.2) is 54.6 Å². The van der Waals surface area contributed by atoms with E-state index in [0.29, 0.717) is 6.04 Å². The Morgan fingerprint density at radius 2 is 1.70 bits per heavy atom. The monoisotopic (exact) mass is 308 g/mol. The highest BCUT2D eigenvalue weighted by molar-refractivity contribution is 5.75. The van der Waals surface area contributed by atoms with Gasteiger partial charge in [0.2, 0.25) is 0 Å². The molecule has 1 heterocycles. The molecule has 0 atom stereocenters. The summed E-state index contributed by atoms with van der Waals surface area (Å²) >= 11 is 0. The second-order valence-corrected chi connectivity index (χ2v) is 6.33. The van der Waals surface area contributed by atoms with Gasteiger partial charge in [-0.1, -0.05) is 30.3 Å². The molecule has 0 aliphatic carbocycles. The third-order valence-electron chi connectivity index (χ3n) is 4.76. The fourth-order valence-electron chi connectivity index (χ4n) is 3.33. The minimum absolute atomic E-state index is 0.640. The zero-order chi connectivity index (χ0) is 16.1. The number of benzene rings is 2. The third-order valence-corrected chi connectivity index (χ3v) is 4.76. The lowest BCUT2D eigenvalue weighted by molar-refractivity contribution is 0.112. The van der Waals surface area contributed by atoms with Crippen LogP contribution in [0.25, 0.3) is 0 Å². The standard InChI is InChI=1S/C20H24N2O/c1-21(15-17-5-3-2-4-6-17)19-11-13-22(14-12-19)20-9-7-18(16-23)8-10-20/h2-10,16,19H,11-15H2,1H3. The van der Waals surface area contributed by atoms with Gasteiger partial charge in [0.05, 0.1) is 0 Å². The third kappa shape index (κ3) is 3.99. The van der Waals surface area contributed by atoms with Gasteiger partial charge < -0.3 is 4.90 Å². The lowest BCUT2D eigenvalue weighted by atomic mass is 10.0. The Bertz CT molecular complexity index is 616. The molecule has 2 aromatic rings. The van der Waals surface area contributed by atoms with Crippen LogP contribution >= 0.6 is 0 Å². The molecule has 0 bridgehead atoms. The number of nitrogens with zero attached hydrogens (tertiary/aromatic N) is 2. The second kappa shape index (κ2) is 7.42. The normalized spacial score (nSPS) is 15.8. The Morgan fingerprint density at radius 3 is 2.30 bits per heavy atom. The quantitative estimate of drug-likeness (QED) is 0.789. The lowest BCUT2D eigenvalue weighted by Crippen LogP contribution is -2.43. The maximum Gasteiger partial charge on any atom is 0.150 e. The van der Waals surface area contributed by atoms with E-state index in [9.17, 15) is 4.79 Å². The summed E-state index contributed by atoms with van der Waals surface area (Å²) in [7, 11) is 2.23. The summed E-state index contributed by atoms with van der Waals surface area (Å²) in [5.41, 5.74) is 3.34. The van der Waals surface area contributed by atoms with Gasteiger partial charge in [0.1, 0.15) is 6.29 Å². The number of carbonyl (C=O) groups is 1. The van der Waals surface area contributed by atoms with Crippen molar-refractivity contribution in [1.29, 1.82) is 0 Å². The minimum Gasteiger partial charge on any atom is -0.371 e. The first-order valence-electron chi connectivity index (χ1n) is 8.30. The van der Waals surface area contributed by atoms with Crippen molar-refractivity contribution in [3.63, 3.8) is 0 Å². The lowest BCUT2D eigenvalue weighted by Gasteiger charge is -2.38. The van der Waals surface area contributed by atoms with Gasteiger partial charge in [-0.2, -0.15) is 0 Å². The molecule has 0 N–H and O–H groups in total.